The highest BCUT2D eigenvalue weighted by molar-refractivity contribution is 6.33. The maximum Gasteiger partial charge on any atom is 0.490 e. The lowest BCUT2D eigenvalue weighted by molar-refractivity contribution is -0.192. The Morgan fingerprint density at radius 2 is 1.77 bits per heavy atom. The van der Waals surface area contributed by atoms with Crippen LogP contribution in [-0.4, -0.2) is 59.2 Å². The molecular formula is C24H20ClF4N7O3. The molecule has 0 atom stereocenters. The van der Waals surface area contributed by atoms with E-state index in [-0.39, 0.29) is 18.3 Å². The molecule has 0 radical (unpaired) electrons. The molecule has 1 aliphatic rings. The zero-order valence-electron chi connectivity index (χ0n) is 20.2. The second-order valence-corrected chi connectivity index (χ2v) is 8.67. The number of alkyl halides is 3. The third-order valence-corrected chi connectivity index (χ3v) is 6.12. The first-order valence-corrected chi connectivity index (χ1v) is 11.8. The van der Waals surface area contributed by atoms with Gasteiger partial charge in [0.25, 0.3) is 0 Å². The van der Waals surface area contributed by atoms with Crippen LogP contribution in [0.15, 0.2) is 48.9 Å². The zero-order chi connectivity index (χ0) is 28.3. The summed E-state index contributed by atoms with van der Waals surface area (Å²) in [6, 6.07) is 7.84. The number of rotatable bonds is 4. The molecule has 3 aromatic heterocycles. The molecule has 1 N–H and O–H groups in total. The summed E-state index contributed by atoms with van der Waals surface area (Å²) in [5.74, 6) is -2.79. The molecule has 4 aromatic rings. The minimum absolute atomic E-state index is 0.0116. The van der Waals surface area contributed by atoms with Crippen molar-refractivity contribution in [1.82, 2.24) is 29.5 Å². The standard InChI is InChI=1S/C22H19ClFN7O.C2HF3O2/c1-14-20(23)21(22-25-9-3-10-26-22)30(28-14)13-19(32)29-11-2-4-17-18(29)12-27-31(17)16-7-5-15(24)6-8-16;3-2(4,5)1(6)7/h3,5-10,12H,2,4,11,13H2,1H3;(H,6,7). The number of carboxylic acid groups (broad SMARTS) is 1. The Hall–Kier alpha value is -4.33. The predicted octanol–water partition coefficient (Wildman–Crippen LogP) is 4.24. The van der Waals surface area contributed by atoms with Gasteiger partial charge in [0, 0.05) is 18.9 Å². The topological polar surface area (TPSA) is 119 Å². The lowest BCUT2D eigenvalue weighted by atomic mass is 10.1. The fraction of sp³-hybridized carbons (Fsp3) is 0.250. The number of fused-ring (bicyclic) bond motifs is 1. The summed E-state index contributed by atoms with van der Waals surface area (Å²) < 4.78 is 48.4. The van der Waals surface area contributed by atoms with Crippen LogP contribution in [0.5, 0.6) is 0 Å². The van der Waals surface area contributed by atoms with E-state index in [1.165, 1.54) is 12.1 Å². The molecule has 1 amide bonds. The molecule has 0 aliphatic carbocycles. The summed E-state index contributed by atoms with van der Waals surface area (Å²) in [6.45, 7) is 2.34. The van der Waals surface area contributed by atoms with Crippen molar-refractivity contribution in [2.75, 3.05) is 11.4 Å². The minimum Gasteiger partial charge on any atom is -0.475 e. The third kappa shape index (κ3) is 6.06. The number of aryl methyl sites for hydroxylation is 1. The van der Waals surface area contributed by atoms with E-state index in [4.69, 9.17) is 21.5 Å². The van der Waals surface area contributed by atoms with E-state index in [9.17, 15) is 22.4 Å². The Balaban J connectivity index is 0.000000448. The molecule has 0 saturated carbocycles. The van der Waals surface area contributed by atoms with Gasteiger partial charge in [0.15, 0.2) is 5.82 Å². The number of benzene rings is 1. The fourth-order valence-corrected chi connectivity index (χ4v) is 4.16. The average Bonchev–Trinajstić information content (AvgIpc) is 3.45. The van der Waals surface area contributed by atoms with Crippen LogP contribution in [0.4, 0.5) is 23.2 Å². The smallest absolute Gasteiger partial charge is 0.475 e. The third-order valence-electron chi connectivity index (χ3n) is 5.66. The molecule has 4 heterocycles. The van der Waals surface area contributed by atoms with Crippen LogP contribution in [0.3, 0.4) is 0 Å². The number of hydrogen-bond acceptors (Lipinski definition) is 6. The van der Waals surface area contributed by atoms with Crippen LogP contribution in [-0.2, 0) is 22.6 Å². The van der Waals surface area contributed by atoms with Crippen molar-refractivity contribution in [3.8, 4) is 17.2 Å². The van der Waals surface area contributed by atoms with Gasteiger partial charge >= 0.3 is 12.1 Å². The highest BCUT2D eigenvalue weighted by Crippen LogP contribution is 2.31. The van der Waals surface area contributed by atoms with Gasteiger partial charge in [-0.05, 0) is 50.1 Å². The van der Waals surface area contributed by atoms with Crippen LogP contribution in [0.25, 0.3) is 17.2 Å². The van der Waals surface area contributed by atoms with E-state index in [1.54, 1.807) is 58.0 Å². The zero-order valence-corrected chi connectivity index (χ0v) is 21.0. The molecule has 0 bridgehead atoms. The lowest BCUT2D eigenvalue weighted by Gasteiger charge is -2.27. The number of carbonyl (C=O) groups is 2. The van der Waals surface area contributed by atoms with Crippen LogP contribution >= 0.6 is 11.6 Å². The maximum absolute atomic E-state index is 13.3. The number of aromatic nitrogens is 6. The van der Waals surface area contributed by atoms with Crippen molar-refractivity contribution in [2.45, 2.75) is 32.5 Å². The van der Waals surface area contributed by atoms with Crippen LogP contribution in [0.1, 0.15) is 17.8 Å². The molecule has 0 unspecified atom stereocenters. The summed E-state index contributed by atoms with van der Waals surface area (Å²) in [6.07, 6.45) is 1.39. The quantitative estimate of drug-likeness (QED) is 0.368. The summed E-state index contributed by atoms with van der Waals surface area (Å²) >= 11 is 6.45. The first-order chi connectivity index (χ1) is 18.5. The van der Waals surface area contributed by atoms with Crippen LogP contribution in [0.2, 0.25) is 5.02 Å². The minimum atomic E-state index is -5.08. The van der Waals surface area contributed by atoms with E-state index in [1.807, 2.05) is 0 Å². The number of aliphatic carboxylic acids is 1. The second-order valence-electron chi connectivity index (χ2n) is 8.29. The van der Waals surface area contributed by atoms with Gasteiger partial charge in [0.1, 0.15) is 18.1 Å². The van der Waals surface area contributed by atoms with E-state index in [0.717, 1.165) is 29.9 Å². The number of amides is 1. The largest absolute Gasteiger partial charge is 0.490 e. The molecular weight excluding hydrogens is 546 g/mol. The summed E-state index contributed by atoms with van der Waals surface area (Å²) in [4.78, 5) is 32.5. The molecule has 204 valence electrons. The van der Waals surface area contributed by atoms with Gasteiger partial charge < -0.3 is 10.0 Å². The predicted molar refractivity (Wildman–Crippen MR) is 131 cm³/mol. The van der Waals surface area contributed by atoms with Gasteiger partial charge in [-0.3, -0.25) is 9.48 Å². The number of anilines is 1. The van der Waals surface area contributed by atoms with Gasteiger partial charge in [0.05, 0.1) is 34.0 Å². The SMILES string of the molecule is Cc1nn(CC(=O)N2CCCc3c2cnn3-c2ccc(F)cc2)c(-c2ncccn2)c1Cl.O=C(O)C(F)(F)F. The van der Waals surface area contributed by atoms with Gasteiger partial charge in [-0.15, -0.1) is 0 Å². The summed E-state index contributed by atoms with van der Waals surface area (Å²) in [7, 11) is 0. The first-order valence-electron chi connectivity index (χ1n) is 11.4. The molecule has 0 fully saturated rings. The molecule has 10 nitrogen and oxygen atoms in total. The van der Waals surface area contributed by atoms with Gasteiger partial charge in [0.2, 0.25) is 5.91 Å². The van der Waals surface area contributed by atoms with Crippen LogP contribution < -0.4 is 4.90 Å². The average molecular weight is 566 g/mol. The molecule has 5 rings (SSSR count). The molecule has 1 aliphatic heterocycles. The van der Waals surface area contributed by atoms with Crippen molar-refractivity contribution in [3.05, 3.63) is 71.2 Å². The van der Waals surface area contributed by atoms with Crippen molar-refractivity contribution in [2.24, 2.45) is 0 Å². The Labute approximate surface area is 223 Å². The van der Waals surface area contributed by atoms with Crippen molar-refractivity contribution in [1.29, 1.82) is 0 Å². The normalized spacial score (nSPS) is 12.9. The molecule has 39 heavy (non-hydrogen) atoms. The Morgan fingerprint density at radius 3 is 2.38 bits per heavy atom. The molecule has 0 saturated heterocycles. The van der Waals surface area contributed by atoms with Gasteiger partial charge in [-0.2, -0.15) is 23.4 Å². The molecule has 15 heteroatoms. The summed E-state index contributed by atoms with van der Waals surface area (Å²) in [5, 5.41) is 16.4. The lowest BCUT2D eigenvalue weighted by Crippen LogP contribution is -2.38. The number of hydrogen-bond donors (Lipinski definition) is 1. The Kier molecular flexibility index (Phi) is 7.95. The van der Waals surface area contributed by atoms with Gasteiger partial charge in [-0.1, -0.05) is 11.6 Å². The monoisotopic (exact) mass is 565 g/mol. The fourth-order valence-electron chi connectivity index (χ4n) is 3.94. The van der Waals surface area contributed by atoms with Crippen molar-refractivity contribution >= 4 is 29.2 Å². The number of carbonyl (C=O) groups excluding carboxylic acids is 1. The molecule has 1 aromatic carbocycles. The van der Waals surface area contributed by atoms with E-state index >= 15 is 0 Å². The molecule has 0 spiro atoms. The summed E-state index contributed by atoms with van der Waals surface area (Å²) in [5.41, 5.74) is 3.53. The Bertz CT molecular complexity index is 1490. The highest BCUT2D eigenvalue weighted by Gasteiger charge is 2.38. The Morgan fingerprint density at radius 1 is 1.13 bits per heavy atom. The van der Waals surface area contributed by atoms with Crippen molar-refractivity contribution in [3.63, 3.8) is 0 Å². The number of halogens is 5. The number of nitrogens with zero attached hydrogens (tertiary/aromatic N) is 7. The first kappa shape index (κ1) is 27.7. The highest BCUT2D eigenvalue weighted by atomic mass is 35.5. The van der Waals surface area contributed by atoms with Crippen molar-refractivity contribution < 1.29 is 32.3 Å². The maximum atomic E-state index is 13.3. The van der Waals surface area contributed by atoms with E-state index < -0.39 is 12.1 Å². The number of carboxylic acids is 1. The van der Waals surface area contributed by atoms with Gasteiger partial charge in [-0.25, -0.2) is 23.8 Å². The van der Waals surface area contributed by atoms with E-state index in [2.05, 4.69) is 20.2 Å². The second kappa shape index (κ2) is 11.2. The van der Waals surface area contributed by atoms with E-state index in [0.29, 0.717) is 28.8 Å². The van der Waals surface area contributed by atoms with Crippen LogP contribution in [0, 0.1) is 12.7 Å².